The maximum Gasteiger partial charge on any atom is 0.306 e. The van der Waals surface area contributed by atoms with Gasteiger partial charge in [0.05, 0.1) is 18.7 Å². The lowest BCUT2D eigenvalue weighted by Crippen LogP contribution is -2.31. The summed E-state index contributed by atoms with van der Waals surface area (Å²) in [5.41, 5.74) is 1.88. The minimum absolute atomic E-state index is 0.0298. The summed E-state index contributed by atoms with van der Waals surface area (Å²) in [6.07, 6.45) is 4.95. The molecule has 1 aliphatic rings. The summed E-state index contributed by atoms with van der Waals surface area (Å²) in [5, 5.41) is 8.78. The van der Waals surface area contributed by atoms with Gasteiger partial charge in [0.1, 0.15) is 6.10 Å². The number of unbranched alkanes of at least 4 members (excludes halogenated alkanes) is 1. The molecular weight excluding hydrogens is 306 g/mol. The topological polar surface area (TPSA) is 76.4 Å². The Morgan fingerprint density at radius 2 is 2.08 bits per heavy atom. The molecule has 1 saturated heterocycles. The van der Waals surface area contributed by atoms with Gasteiger partial charge in [-0.15, -0.1) is 0 Å². The monoisotopic (exact) mass is 329 g/mol. The lowest BCUT2D eigenvalue weighted by Gasteiger charge is -2.28. The lowest BCUT2D eigenvalue weighted by molar-refractivity contribution is -0.158. The van der Waals surface area contributed by atoms with Crippen molar-refractivity contribution in [2.75, 3.05) is 7.11 Å². The standard InChI is InChI=1S/C19H23NO4/c1-23-18(21)11-16-10-17(24-19(22)12-16)5-3-2-4-14-6-8-15(13-20)9-7-14/h6-9,16-17H,2-5,10-12H2,1H3. The van der Waals surface area contributed by atoms with E-state index < -0.39 is 0 Å². The third-order valence-corrected chi connectivity index (χ3v) is 4.36. The van der Waals surface area contributed by atoms with E-state index in [1.165, 1.54) is 12.7 Å². The highest BCUT2D eigenvalue weighted by molar-refractivity contribution is 5.74. The molecule has 2 atom stereocenters. The van der Waals surface area contributed by atoms with Crippen LogP contribution in [0.5, 0.6) is 0 Å². The number of nitrogens with zero attached hydrogens (tertiary/aromatic N) is 1. The van der Waals surface area contributed by atoms with E-state index in [4.69, 9.17) is 10.00 Å². The summed E-state index contributed by atoms with van der Waals surface area (Å²) in [5.74, 6) is -0.455. The molecular formula is C19H23NO4. The van der Waals surface area contributed by atoms with E-state index in [9.17, 15) is 9.59 Å². The first-order chi connectivity index (χ1) is 11.6. The first-order valence-corrected chi connectivity index (χ1v) is 8.36. The molecule has 0 aliphatic carbocycles. The Labute approximate surface area is 142 Å². The van der Waals surface area contributed by atoms with Crippen molar-refractivity contribution < 1.29 is 19.1 Å². The number of carbonyl (C=O) groups excluding carboxylic acids is 2. The highest BCUT2D eigenvalue weighted by Crippen LogP contribution is 2.27. The maximum atomic E-state index is 11.7. The molecule has 1 fully saturated rings. The lowest BCUT2D eigenvalue weighted by atomic mass is 9.90. The van der Waals surface area contributed by atoms with Crippen LogP contribution in [0, 0.1) is 17.2 Å². The molecule has 0 aromatic heterocycles. The van der Waals surface area contributed by atoms with Crippen LogP contribution in [0.1, 0.15) is 49.7 Å². The molecule has 0 saturated carbocycles. The SMILES string of the molecule is COC(=O)CC1CC(=O)OC(CCCCc2ccc(C#N)cc2)C1. The van der Waals surface area contributed by atoms with Gasteiger partial charge in [0, 0.05) is 12.8 Å². The van der Waals surface area contributed by atoms with Crippen molar-refractivity contribution in [2.24, 2.45) is 5.92 Å². The average Bonchev–Trinajstić information content (AvgIpc) is 2.58. The Kier molecular flexibility index (Phi) is 6.80. The Balaban J connectivity index is 1.71. The van der Waals surface area contributed by atoms with Gasteiger partial charge in [-0.1, -0.05) is 12.1 Å². The van der Waals surface area contributed by atoms with E-state index >= 15 is 0 Å². The number of cyclic esters (lactones) is 1. The van der Waals surface area contributed by atoms with Crippen molar-refractivity contribution in [2.45, 2.75) is 51.0 Å². The summed E-state index contributed by atoms with van der Waals surface area (Å²) in [6, 6.07) is 9.72. The largest absolute Gasteiger partial charge is 0.469 e. The number of methoxy groups -OCH3 is 1. The molecule has 0 radical (unpaired) electrons. The van der Waals surface area contributed by atoms with Crippen molar-refractivity contribution in [1.82, 2.24) is 0 Å². The number of aryl methyl sites for hydroxylation is 1. The van der Waals surface area contributed by atoms with E-state index in [-0.39, 0.29) is 30.4 Å². The molecule has 0 N–H and O–H groups in total. The molecule has 2 unspecified atom stereocenters. The number of rotatable bonds is 7. The molecule has 128 valence electrons. The smallest absolute Gasteiger partial charge is 0.306 e. The second-order valence-corrected chi connectivity index (χ2v) is 6.25. The summed E-state index contributed by atoms with van der Waals surface area (Å²) in [4.78, 5) is 23.0. The van der Waals surface area contributed by atoms with Crippen LogP contribution < -0.4 is 0 Å². The molecule has 1 heterocycles. The molecule has 5 heteroatoms. The van der Waals surface area contributed by atoms with Crippen LogP contribution in [0.3, 0.4) is 0 Å². The van der Waals surface area contributed by atoms with E-state index in [0.29, 0.717) is 12.0 Å². The van der Waals surface area contributed by atoms with E-state index in [2.05, 4.69) is 10.8 Å². The molecule has 1 aromatic carbocycles. The van der Waals surface area contributed by atoms with Crippen molar-refractivity contribution in [1.29, 1.82) is 5.26 Å². The Hall–Kier alpha value is -2.35. The molecule has 0 bridgehead atoms. The predicted molar refractivity (Wildman–Crippen MR) is 87.9 cm³/mol. The van der Waals surface area contributed by atoms with E-state index in [1.807, 2.05) is 24.3 Å². The van der Waals surface area contributed by atoms with Gasteiger partial charge in [-0.3, -0.25) is 9.59 Å². The van der Waals surface area contributed by atoms with Gasteiger partial charge in [0.2, 0.25) is 0 Å². The molecule has 1 aromatic rings. The zero-order chi connectivity index (χ0) is 17.4. The van der Waals surface area contributed by atoms with Crippen LogP contribution in [0.15, 0.2) is 24.3 Å². The Bertz CT molecular complexity index is 603. The minimum Gasteiger partial charge on any atom is -0.469 e. The van der Waals surface area contributed by atoms with Crippen LogP contribution in [0.2, 0.25) is 0 Å². The van der Waals surface area contributed by atoms with Gasteiger partial charge >= 0.3 is 11.9 Å². The average molecular weight is 329 g/mol. The summed E-state index contributed by atoms with van der Waals surface area (Å²) in [6.45, 7) is 0. The molecule has 0 amide bonds. The quantitative estimate of drug-likeness (QED) is 0.567. The Morgan fingerprint density at radius 1 is 1.33 bits per heavy atom. The zero-order valence-corrected chi connectivity index (χ0v) is 14.0. The number of hydrogen-bond donors (Lipinski definition) is 0. The van der Waals surface area contributed by atoms with Crippen LogP contribution in [-0.4, -0.2) is 25.2 Å². The van der Waals surface area contributed by atoms with Gasteiger partial charge in [0.15, 0.2) is 0 Å². The predicted octanol–water partition coefficient (Wildman–Crippen LogP) is 3.16. The molecule has 0 spiro atoms. The van der Waals surface area contributed by atoms with E-state index in [0.717, 1.165) is 32.1 Å². The molecule has 2 rings (SSSR count). The number of carbonyl (C=O) groups is 2. The number of ether oxygens (including phenoxy) is 2. The van der Waals surface area contributed by atoms with Gasteiger partial charge < -0.3 is 9.47 Å². The molecule has 5 nitrogen and oxygen atoms in total. The van der Waals surface area contributed by atoms with Gasteiger partial charge in [-0.05, 0) is 55.7 Å². The third kappa shape index (κ3) is 5.69. The van der Waals surface area contributed by atoms with Crippen LogP contribution in [-0.2, 0) is 25.5 Å². The Morgan fingerprint density at radius 3 is 2.75 bits per heavy atom. The normalized spacial score (nSPS) is 20.1. The van der Waals surface area contributed by atoms with Gasteiger partial charge in [-0.25, -0.2) is 0 Å². The summed E-state index contributed by atoms with van der Waals surface area (Å²) >= 11 is 0. The first-order valence-electron chi connectivity index (χ1n) is 8.36. The summed E-state index contributed by atoms with van der Waals surface area (Å²) in [7, 11) is 1.37. The highest BCUT2D eigenvalue weighted by Gasteiger charge is 2.29. The fourth-order valence-electron chi connectivity index (χ4n) is 3.07. The van der Waals surface area contributed by atoms with Gasteiger partial charge in [0.25, 0.3) is 0 Å². The highest BCUT2D eigenvalue weighted by atomic mass is 16.5. The van der Waals surface area contributed by atoms with Crippen LogP contribution in [0.25, 0.3) is 0 Å². The molecule has 1 aliphatic heterocycles. The minimum atomic E-state index is -0.269. The van der Waals surface area contributed by atoms with Gasteiger partial charge in [-0.2, -0.15) is 5.26 Å². The maximum absolute atomic E-state index is 11.7. The third-order valence-electron chi connectivity index (χ3n) is 4.36. The van der Waals surface area contributed by atoms with Crippen molar-refractivity contribution >= 4 is 11.9 Å². The number of hydrogen-bond acceptors (Lipinski definition) is 5. The van der Waals surface area contributed by atoms with Crippen molar-refractivity contribution in [3.63, 3.8) is 0 Å². The first kappa shape index (κ1) is 18.0. The molecule has 24 heavy (non-hydrogen) atoms. The van der Waals surface area contributed by atoms with Crippen molar-refractivity contribution in [3.05, 3.63) is 35.4 Å². The second kappa shape index (κ2) is 9.07. The second-order valence-electron chi connectivity index (χ2n) is 6.25. The van der Waals surface area contributed by atoms with E-state index in [1.54, 1.807) is 0 Å². The summed E-state index contributed by atoms with van der Waals surface area (Å²) < 4.78 is 10.1. The zero-order valence-electron chi connectivity index (χ0n) is 14.0. The fraction of sp³-hybridized carbons (Fsp3) is 0.526. The number of benzene rings is 1. The fourth-order valence-corrected chi connectivity index (χ4v) is 3.07. The van der Waals surface area contributed by atoms with Crippen LogP contribution >= 0.6 is 0 Å². The van der Waals surface area contributed by atoms with Crippen molar-refractivity contribution in [3.8, 4) is 6.07 Å². The number of esters is 2. The van der Waals surface area contributed by atoms with Crippen LogP contribution in [0.4, 0.5) is 0 Å². The number of nitriles is 1.